The van der Waals surface area contributed by atoms with Crippen molar-refractivity contribution in [2.75, 3.05) is 11.7 Å². The third-order valence-electron chi connectivity index (χ3n) is 3.80. The quantitative estimate of drug-likeness (QED) is 0.925. The van der Waals surface area contributed by atoms with Crippen LogP contribution in [0.5, 0.6) is 11.5 Å². The van der Waals surface area contributed by atoms with Crippen LogP contribution in [0.15, 0.2) is 60.4 Å². The molecule has 110 valence electrons. The normalized spacial score (nSPS) is 19.5. The molecule has 5 nitrogen and oxygen atoms in total. The van der Waals surface area contributed by atoms with Crippen molar-refractivity contribution in [1.29, 1.82) is 0 Å². The molecule has 0 aromatic heterocycles. The van der Waals surface area contributed by atoms with E-state index in [1.54, 1.807) is 23.1 Å². The molecule has 0 bridgehead atoms. The van der Waals surface area contributed by atoms with Crippen molar-refractivity contribution in [1.82, 2.24) is 0 Å². The first-order valence-electron chi connectivity index (χ1n) is 6.92. The van der Waals surface area contributed by atoms with Crippen molar-refractivity contribution in [2.24, 2.45) is 0 Å². The van der Waals surface area contributed by atoms with Crippen molar-refractivity contribution in [3.8, 4) is 11.5 Å². The molecule has 0 aliphatic carbocycles. The average Bonchev–Trinajstić information content (AvgIpc) is 3.11. The highest BCUT2D eigenvalue weighted by Gasteiger charge is 2.35. The molecule has 2 aromatic carbocycles. The van der Waals surface area contributed by atoms with Gasteiger partial charge in [-0.1, -0.05) is 30.3 Å². The minimum atomic E-state index is -0.519. The van der Waals surface area contributed by atoms with Crippen LogP contribution >= 0.6 is 0 Å². The summed E-state index contributed by atoms with van der Waals surface area (Å²) in [7, 11) is 0. The van der Waals surface area contributed by atoms with Gasteiger partial charge in [0.25, 0.3) is 5.91 Å². The Bertz CT molecular complexity index is 769. The molecule has 1 amide bonds. The molecular weight excluding hydrogens is 282 g/mol. The molecule has 2 aliphatic heterocycles. The molecule has 1 unspecified atom stereocenters. The molecule has 0 spiro atoms. The number of aliphatic hydroxyl groups is 1. The molecule has 0 saturated carbocycles. The summed E-state index contributed by atoms with van der Waals surface area (Å²) in [5.41, 5.74) is 1.50. The number of hydrogen-bond acceptors (Lipinski definition) is 4. The van der Waals surface area contributed by atoms with E-state index in [1.807, 2.05) is 30.3 Å². The van der Waals surface area contributed by atoms with Gasteiger partial charge in [-0.25, -0.2) is 0 Å². The number of nitrogens with zero attached hydrogens (tertiary/aromatic N) is 1. The topological polar surface area (TPSA) is 59.0 Å². The van der Waals surface area contributed by atoms with E-state index in [2.05, 4.69) is 0 Å². The zero-order valence-corrected chi connectivity index (χ0v) is 11.6. The second kappa shape index (κ2) is 4.80. The first-order chi connectivity index (χ1) is 10.7. The maximum atomic E-state index is 12.3. The minimum Gasteiger partial charge on any atom is -0.510 e. The Morgan fingerprint density at radius 3 is 2.64 bits per heavy atom. The van der Waals surface area contributed by atoms with Gasteiger partial charge >= 0.3 is 0 Å². The number of aliphatic hydroxyl groups excluding tert-OH is 1. The fraction of sp³-hybridized carbons (Fsp3) is 0.118. The molecule has 1 N–H and O–H groups in total. The first-order valence-corrected chi connectivity index (χ1v) is 6.92. The molecule has 2 heterocycles. The zero-order chi connectivity index (χ0) is 15.1. The number of anilines is 1. The van der Waals surface area contributed by atoms with E-state index >= 15 is 0 Å². The van der Waals surface area contributed by atoms with Crippen molar-refractivity contribution >= 4 is 11.6 Å². The standard InChI is InChI=1S/C17H13NO4/c19-13-9-16(20)18(17(13)11-4-2-1-3-5-11)12-6-7-14-15(8-12)22-10-21-14/h1-9,17,19H,10H2. The zero-order valence-electron chi connectivity index (χ0n) is 11.6. The summed E-state index contributed by atoms with van der Waals surface area (Å²) < 4.78 is 10.6. The smallest absolute Gasteiger partial charge is 0.255 e. The molecule has 4 rings (SSSR count). The molecule has 0 fully saturated rings. The lowest BCUT2D eigenvalue weighted by Crippen LogP contribution is -2.29. The van der Waals surface area contributed by atoms with Crippen LogP contribution in [-0.2, 0) is 4.79 Å². The van der Waals surface area contributed by atoms with Crippen LogP contribution < -0.4 is 14.4 Å². The lowest BCUT2D eigenvalue weighted by atomic mass is 10.0. The maximum absolute atomic E-state index is 12.3. The van der Waals surface area contributed by atoms with Crippen molar-refractivity contribution in [3.05, 3.63) is 65.9 Å². The Labute approximate surface area is 127 Å². The monoisotopic (exact) mass is 295 g/mol. The summed E-state index contributed by atoms with van der Waals surface area (Å²) in [5, 5.41) is 10.2. The van der Waals surface area contributed by atoms with Gasteiger partial charge in [0.05, 0.1) is 0 Å². The molecule has 22 heavy (non-hydrogen) atoms. The number of carbonyl (C=O) groups is 1. The van der Waals surface area contributed by atoms with E-state index in [9.17, 15) is 9.90 Å². The number of fused-ring (bicyclic) bond motifs is 1. The SMILES string of the molecule is O=C1C=C(O)C(c2ccccc2)N1c1ccc2c(c1)OCO2. The van der Waals surface area contributed by atoms with E-state index in [0.717, 1.165) is 5.56 Å². The van der Waals surface area contributed by atoms with Crippen molar-refractivity contribution in [3.63, 3.8) is 0 Å². The van der Waals surface area contributed by atoms with Crippen molar-refractivity contribution in [2.45, 2.75) is 6.04 Å². The van der Waals surface area contributed by atoms with Crippen LogP contribution in [-0.4, -0.2) is 17.8 Å². The second-order valence-electron chi connectivity index (χ2n) is 5.13. The number of rotatable bonds is 2. The summed E-state index contributed by atoms with van der Waals surface area (Å²) in [4.78, 5) is 13.8. The highest BCUT2D eigenvalue weighted by atomic mass is 16.7. The van der Waals surface area contributed by atoms with Gasteiger partial charge in [0.2, 0.25) is 6.79 Å². The maximum Gasteiger partial charge on any atom is 0.255 e. The summed E-state index contributed by atoms with van der Waals surface area (Å²) in [5.74, 6) is 1.03. The third-order valence-corrected chi connectivity index (χ3v) is 3.80. The lowest BCUT2D eigenvalue weighted by molar-refractivity contribution is -0.113. The molecule has 2 aliphatic rings. The summed E-state index contributed by atoms with van der Waals surface area (Å²) in [6, 6.07) is 14.2. The molecule has 0 saturated heterocycles. The van der Waals surface area contributed by atoms with E-state index in [0.29, 0.717) is 17.2 Å². The van der Waals surface area contributed by atoms with Crippen LogP contribution in [0.3, 0.4) is 0 Å². The van der Waals surface area contributed by atoms with Crippen LogP contribution in [0.4, 0.5) is 5.69 Å². The third kappa shape index (κ3) is 1.90. The van der Waals surface area contributed by atoms with Crippen LogP contribution in [0.2, 0.25) is 0 Å². The average molecular weight is 295 g/mol. The fourth-order valence-corrected chi connectivity index (χ4v) is 2.80. The highest BCUT2D eigenvalue weighted by Crippen LogP contribution is 2.41. The van der Waals surface area contributed by atoms with Gasteiger partial charge in [-0.2, -0.15) is 0 Å². The van der Waals surface area contributed by atoms with Crippen LogP contribution in [0.25, 0.3) is 0 Å². The van der Waals surface area contributed by atoms with Crippen molar-refractivity contribution < 1.29 is 19.4 Å². The molecular formula is C17H13NO4. The van der Waals surface area contributed by atoms with Gasteiger partial charge in [0, 0.05) is 17.8 Å². The molecule has 2 aromatic rings. The van der Waals surface area contributed by atoms with Gasteiger partial charge in [-0.15, -0.1) is 0 Å². The van der Waals surface area contributed by atoms with E-state index in [4.69, 9.17) is 9.47 Å². The van der Waals surface area contributed by atoms with Gasteiger partial charge in [-0.3, -0.25) is 9.69 Å². The Morgan fingerprint density at radius 1 is 1.05 bits per heavy atom. The fourth-order valence-electron chi connectivity index (χ4n) is 2.80. The predicted molar refractivity (Wildman–Crippen MR) is 79.9 cm³/mol. The first kappa shape index (κ1) is 12.8. The second-order valence-corrected chi connectivity index (χ2v) is 5.13. The van der Waals surface area contributed by atoms with Gasteiger partial charge in [-0.05, 0) is 17.7 Å². The minimum absolute atomic E-state index is 0.0360. The number of carbonyl (C=O) groups excluding carboxylic acids is 1. The Morgan fingerprint density at radius 2 is 1.82 bits per heavy atom. The Hall–Kier alpha value is -2.95. The van der Waals surface area contributed by atoms with E-state index < -0.39 is 6.04 Å². The molecule has 5 heteroatoms. The van der Waals surface area contributed by atoms with Crippen LogP contribution in [0, 0.1) is 0 Å². The van der Waals surface area contributed by atoms with E-state index in [1.165, 1.54) is 6.08 Å². The highest BCUT2D eigenvalue weighted by molar-refractivity contribution is 6.05. The largest absolute Gasteiger partial charge is 0.510 e. The number of hydrogen-bond donors (Lipinski definition) is 1. The summed E-state index contributed by atoms with van der Waals surface area (Å²) in [6.45, 7) is 0.179. The van der Waals surface area contributed by atoms with E-state index in [-0.39, 0.29) is 18.5 Å². The summed E-state index contributed by atoms with van der Waals surface area (Å²) in [6.07, 6.45) is 1.25. The lowest BCUT2D eigenvalue weighted by Gasteiger charge is -2.26. The number of ether oxygens (including phenoxy) is 2. The van der Waals surface area contributed by atoms with Crippen LogP contribution in [0.1, 0.15) is 11.6 Å². The number of benzene rings is 2. The number of amides is 1. The molecule has 0 radical (unpaired) electrons. The predicted octanol–water partition coefficient (Wildman–Crippen LogP) is 2.95. The van der Waals surface area contributed by atoms with Gasteiger partial charge in [0.1, 0.15) is 11.8 Å². The summed E-state index contributed by atoms with van der Waals surface area (Å²) >= 11 is 0. The Kier molecular flexibility index (Phi) is 2.79. The Balaban J connectivity index is 1.77. The van der Waals surface area contributed by atoms with Gasteiger partial charge < -0.3 is 14.6 Å². The molecule has 1 atom stereocenters. The van der Waals surface area contributed by atoms with Gasteiger partial charge in [0.15, 0.2) is 11.5 Å².